The van der Waals surface area contributed by atoms with Crippen LogP contribution in [0.3, 0.4) is 0 Å². The van der Waals surface area contributed by atoms with Crippen LogP contribution in [0.25, 0.3) is 0 Å². The Labute approximate surface area is 129 Å². The van der Waals surface area contributed by atoms with Gasteiger partial charge in [-0.2, -0.15) is 0 Å². The standard InChI is InChI=1S/C14H20N2O5S/c1-15(10-12-5-3-4-8-21-12)11-6-7-13(16(17)18)14(9-11)22(2,19)20/h6-7,9,12H,3-5,8,10H2,1-2H3. The molecule has 22 heavy (non-hydrogen) atoms. The average Bonchev–Trinajstić information content (AvgIpc) is 2.46. The van der Waals surface area contributed by atoms with Crippen LogP contribution in [0.2, 0.25) is 0 Å². The second kappa shape index (κ2) is 6.62. The number of benzene rings is 1. The zero-order chi connectivity index (χ0) is 16.3. The minimum atomic E-state index is -3.67. The molecule has 0 aliphatic carbocycles. The van der Waals surface area contributed by atoms with Crippen LogP contribution in [-0.4, -0.2) is 45.9 Å². The summed E-state index contributed by atoms with van der Waals surface area (Å²) in [5, 5.41) is 11.0. The van der Waals surface area contributed by atoms with Gasteiger partial charge in [0.1, 0.15) is 4.90 Å². The Balaban J connectivity index is 2.25. The molecule has 1 heterocycles. The fraction of sp³-hybridized carbons (Fsp3) is 0.571. The van der Waals surface area contributed by atoms with Crippen LogP contribution in [0.15, 0.2) is 23.1 Å². The molecule has 1 fully saturated rings. The Kier molecular flexibility index (Phi) is 5.02. The molecular weight excluding hydrogens is 308 g/mol. The summed E-state index contributed by atoms with van der Waals surface area (Å²) in [5.74, 6) is 0. The van der Waals surface area contributed by atoms with Gasteiger partial charge < -0.3 is 9.64 Å². The first-order valence-corrected chi connectivity index (χ1v) is 8.99. The van der Waals surface area contributed by atoms with Crippen molar-refractivity contribution in [1.29, 1.82) is 0 Å². The molecule has 0 amide bonds. The van der Waals surface area contributed by atoms with Crippen molar-refractivity contribution in [2.75, 3.05) is 31.4 Å². The van der Waals surface area contributed by atoms with Crippen molar-refractivity contribution in [2.24, 2.45) is 0 Å². The first-order chi connectivity index (χ1) is 10.3. The molecule has 2 rings (SSSR count). The van der Waals surface area contributed by atoms with E-state index in [9.17, 15) is 18.5 Å². The molecule has 8 heteroatoms. The predicted octanol–water partition coefficient (Wildman–Crippen LogP) is 2.00. The van der Waals surface area contributed by atoms with E-state index in [1.807, 2.05) is 11.9 Å². The molecule has 0 aromatic heterocycles. The number of rotatable bonds is 5. The van der Waals surface area contributed by atoms with Crippen molar-refractivity contribution < 1.29 is 18.1 Å². The fourth-order valence-electron chi connectivity index (χ4n) is 2.55. The molecule has 0 bridgehead atoms. The molecule has 0 spiro atoms. The first kappa shape index (κ1) is 16.7. The summed E-state index contributed by atoms with van der Waals surface area (Å²) >= 11 is 0. The molecule has 1 aromatic carbocycles. The molecule has 1 aliphatic rings. The van der Waals surface area contributed by atoms with Gasteiger partial charge in [-0.15, -0.1) is 0 Å². The maximum absolute atomic E-state index is 11.8. The highest BCUT2D eigenvalue weighted by atomic mass is 32.2. The third kappa shape index (κ3) is 3.95. The number of nitro benzene ring substituents is 1. The van der Waals surface area contributed by atoms with Gasteiger partial charge in [0.25, 0.3) is 5.69 Å². The van der Waals surface area contributed by atoms with Crippen LogP contribution in [0.4, 0.5) is 11.4 Å². The lowest BCUT2D eigenvalue weighted by molar-refractivity contribution is -0.387. The highest BCUT2D eigenvalue weighted by molar-refractivity contribution is 7.90. The van der Waals surface area contributed by atoms with Crippen molar-refractivity contribution in [3.63, 3.8) is 0 Å². The Morgan fingerprint density at radius 3 is 2.68 bits per heavy atom. The number of hydrogen-bond acceptors (Lipinski definition) is 6. The zero-order valence-electron chi connectivity index (χ0n) is 12.7. The highest BCUT2D eigenvalue weighted by Gasteiger charge is 2.24. The third-order valence-electron chi connectivity index (χ3n) is 3.73. The summed E-state index contributed by atoms with van der Waals surface area (Å²) in [5.41, 5.74) is 0.230. The molecule has 0 N–H and O–H groups in total. The number of likely N-dealkylation sites (N-methyl/N-ethyl adjacent to an activating group) is 1. The van der Waals surface area contributed by atoms with E-state index >= 15 is 0 Å². The van der Waals surface area contributed by atoms with E-state index in [2.05, 4.69) is 0 Å². The van der Waals surface area contributed by atoms with Crippen LogP contribution in [0.5, 0.6) is 0 Å². The van der Waals surface area contributed by atoms with Gasteiger partial charge in [0, 0.05) is 38.2 Å². The maximum Gasteiger partial charge on any atom is 0.288 e. The van der Waals surface area contributed by atoms with Gasteiger partial charge in [0.15, 0.2) is 9.84 Å². The number of ether oxygens (including phenoxy) is 1. The molecule has 1 atom stereocenters. The topological polar surface area (TPSA) is 89.8 Å². The lowest BCUT2D eigenvalue weighted by atomic mass is 10.1. The largest absolute Gasteiger partial charge is 0.376 e. The van der Waals surface area contributed by atoms with Crippen LogP contribution >= 0.6 is 0 Å². The smallest absolute Gasteiger partial charge is 0.288 e. The molecule has 1 saturated heterocycles. The molecule has 7 nitrogen and oxygen atoms in total. The lowest BCUT2D eigenvalue weighted by Crippen LogP contribution is -2.33. The van der Waals surface area contributed by atoms with Crippen molar-refractivity contribution in [3.05, 3.63) is 28.3 Å². The summed E-state index contributed by atoms with van der Waals surface area (Å²) in [4.78, 5) is 11.9. The van der Waals surface area contributed by atoms with E-state index in [0.717, 1.165) is 32.1 Å². The molecule has 0 radical (unpaired) electrons. The molecule has 0 saturated carbocycles. The van der Waals surface area contributed by atoms with E-state index in [1.165, 1.54) is 12.1 Å². The minimum Gasteiger partial charge on any atom is -0.376 e. The zero-order valence-corrected chi connectivity index (χ0v) is 13.5. The molecule has 1 aromatic rings. The predicted molar refractivity (Wildman–Crippen MR) is 83.1 cm³/mol. The van der Waals surface area contributed by atoms with Crippen molar-refractivity contribution in [3.8, 4) is 0 Å². The summed E-state index contributed by atoms with van der Waals surface area (Å²) in [7, 11) is -1.84. The second-order valence-corrected chi connectivity index (χ2v) is 7.53. The first-order valence-electron chi connectivity index (χ1n) is 7.10. The Bertz CT molecular complexity index is 653. The quantitative estimate of drug-likeness (QED) is 0.606. The SMILES string of the molecule is CN(CC1CCCCO1)c1ccc([N+](=O)[O-])c(S(C)(=O)=O)c1. The van der Waals surface area contributed by atoms with Gasteiger partial charge in [-0.3, -0.25) is 10.1 Å². The maximum atomic E-state index is 11.8. The van der Waals surface area contributed by atoms with Crippen molar-refractivity contribution >= 4 is 21.2 Å². The van der Waals surface area contributed by atoms with Crippen molar-refractivity contribution in [2.45, 2.75) is 30.3 Å². The monoisotopic (exact) mass is 328 g/mol. The van der Waals surface area contributed by atoms with Crippen LogP contribution in [0.1, 0.15) is 19.3 Å². The van der Waals surface area contributed by atoms with Gasteiger partial charge in [-0.25, -0.2) is 8.42 Å². The van der Waals surface area contributed by atoms with E-state index in [-0.39, 0.29) is 11.0 Å². The number of nitro groups is 1. The van der Waals surface area contributed by atoms with Crippen molar-refractivity contribution in [1.82, 2.24) is 0 Å². The van der Waals surface area contributed by atoms with E-state index in [1.54, 1.807) is 6.07 Å². The number of sulfone groups is 1. The van der Waals surface area contributed by atoms with Gasteiger partial charge in [0.05, 0.1) is 11.0 Å². The van der Waals surface area contributed by atoms with Gasteiger partial charge in [-0.1, -0.05) is 0 Å². The Morgan fingerprint density at radius 1 is 1.41 bits per heavy atom. The molecular formula is C14H20N2O5S. The summed E-state index contributed by atoms with van der Waals surface area (Å²) in [6.45, 7) is 1.37. The normalized spacial score (nSPS) is 18.9. The second-order valence-electron chi connectivity index (χ2n) is 5.55. The van der Waals surface area contributed by atoms with Crippen LogP contribution < -0.4 is 4.90 Å². The van der Waals surface area contributed by atoms with Crippen LogP contribution in [-0.2, 0) is 14.6 Å². The van der Waals surface area contributed by atoms with Gasteiger partial charge in [-0.05, 0) is 31.4 Å². The molecule has 1 aliphatic heterocycles. The number of nitrogens with zero attached hydrogens (tertiary/aromatic N) is 2. The summed E-state index contributed by atoms with van der Waals surface area (Å²) in [6.07, 6.45) is 4.23. The third-order valence-corrected chi connectivity index (χ3v) is 4.86. The fourth-order valence-corrected chi connectivity index (χ4v) is 3.41. The Morgan fingerprint density at radius 2 is 2.14 bits per heavy atom. The minimum absolute atomic E-state index is 0.107. The van der Waals surface area contributed by atoms with Crippen LogP contribution in [0, 0.1) is 10.1 Å². The highest BCUT2D eigenvalue weighted by Crippen LogP contribution is 2.29. The number of anilines is 1. The number of hydrogen-bond donors (Lipinski definition) is 0. The summed E-state index contributed by atoms with van der Waals surface area (Å²) < 4.78 is 29.2. The van der Waals surface area contributed by atoms with Gasteiger partial charge in [0.2, 0.25) is 0 Å². The lowest BCUT2D eigenvalue weighted by Gasteiger charge is -2.28. The Hall–Kier alpha value is -1.67. The van der Waals surface area contributed by atoms with E-state index in [0.29, 0.717) is 12.2 Å². The average molecular weight is 328 g/mol. The van der Waals surface area contributed by atoms with Gasteiger partial charge >= 0.3 is 0 Å². The van der Waals surface area contributed by atoms with E-state index in [4.69, 9.17) is 4.74 Å². The molecule has 122 valence electrons. The van der Waals surface area contributed by atoms with E-state index < -0.39 is 20.4 Å². The summed E-state index contributed by atoms with van der Waals surface area (Å²) in [6, 6.07) is 4.16. The molecule has 1 unspecified atom stereocenters.